The molecule has 0 radical (unpaired) electrons. The summed E-state index contributed by atoms with van der Waals surface area (Å²) < 4.78 is 5.38. The Bertz CT molecular complexity index is 244. The van der Waals surface area contributed by atoms with Gasteiger partial charge in [-0.3, -0.25) is 0 Å². The van der Waals surface area contributed by atoms with Gasteiger partial charge in [0, 0.05) is 0 Å². The van der Waals surface area contributed by atoms with Gasteiger partial charge in [0.05, 0.1) is 0 Å². The van der Waals surface area contributed by atoms with Crippen LogP contribution in [0, 0.1) is 0 Å². The van der Waals surface area contributed by atoms with Crippen LogP contribution in [-0.4, -0.2) is 6.61 Å². The van der Waals surface area contributed by atoms with E-state index in [9.17, 15) is 0 Å². The zero-order valence-electron chi connectivity index (χ0n) is 7.42. The predicted molar refractivity (Wildman–Crippen MR) is 51.7 cm³/mol. The van der Waals surface area contributed by atoms with Crippen molar-refractivity contribution < 1.29 is 4.74 Å². The quantitative estimate of drug-likeness (QED) is 0.532. The highest BCUT2D eigenvalue weighted by Gasteiger charge is 2.00. The number of hydrogen-bond donors (Lipinski definition) is 0. The van der Waals surface area contributed by atoms with E-state index in [1.54, 1.807) is 0 Å². The van der Waals surface area contributed by atoms with Crippen molar-refractivity contribution in [1.82, 2.24) is 0 Å². The second kappa shape index (κ2) is 4.60. The number of ether oxygens (including phenoxy) is 1. The van der Waals surface area contributed by atoms with Crippen molar-refractivity contribution in [3.63, 3.8) is 0 Å². The topological polar surface area (TPSA) is 9.23 Å². The summed E-state index contributed by atoms with van der Waals surface area (Å²) in [6.07, 6.45) is 11.0. The van der Waals surface area contributed by atoms with Crippen molar-refractivity contribution in [2.45, 2.75) is 13.3 Å². The third-order valence-corrected chi connectivity index (χ3v) is 1.78. The van der Waals surface area contributed by atoms with Gasteiger partial charge in [0.2, 0.25) is 0 Å². The second-order valence-corrected chi connectivity index (χ2v) is 2.61. The Labute approximate surface area is 73.7 Å². The van der Waals surface area contributed by atoms with E-state index in [4.69, 9.17) is 4.74 Å². The van der Waals surface area contributed by atoms with Crippen molar-refractivity contribution >= 4 is 0 Å². The van der Waals surface area contributed by atoms with E-state index in [-0.39, 0.29) is 0 Å². The van der Waals surface area contributed by atoms with E-state index >= 15 is 0 Å². The van der Waals surface area contributed by atoms with Crippen molar-refractivity contribution in [2.75, 3.05) is 6.61 Å². The van der Waals surface area contributed by atoms with Crippen LogP contribution >= 0.6 is 0 Å². The lowest BCUT2D eigenvalue weighted by molar-refractivity contribution is 0.257. The maximum atomic E-state index is 5.38. The molecule has 1 heteroatoms. The minimum absolute atomic E-state index is 0.612. The Hall–Kier alpha value is -1.24. The van der Waals surface area contributed by atoms with Crippen LogP contribution in [0.4, 0.5) is 0 Å². The Morgan fingerprint density at radius 1 is 1.42 bits per heavy atom. The summed E-state index contributed by atoms with van der Waals surface area (Å²) in [5.41, 5.74) is 1.16. The van der Waals surface area contributed by atoms with Crippen LogP contribution < -0.4 is 0 Å². The summed E-state index contributed by atoms with van der Waals surface area (Å²) in [6.45, 7) is 6.47. The SMILES string of the molecule is C=C1OC/C=C\C=C/C/C1=C/C. The fraction of sp³-hybridized carbons (Fsp3) is 0.273. The van der Waals surface area contributed by atoms with Crippen LogP contribution in [0.1, 0.15) is 13.3 Å². The number of hydrogen-bond acceptors (Lipinski definition) is 1. The molecular formula is C11H14O. The van der Waals surface area contributed by atoms with Crippen LogP contribution in [-0.2, 0) is 4.74 Å². The third kappa shape index (κ3) is 2.42. The van der Waals surface area contributed by atoms with E-state index in [1.807, 2.05) is 31.2 Å². The molecule has 1 rings (SSSR count). The van der Waals surface area contributed by atoms with Gasteiger partial charge in [-0.05, 0) is 25.0 Å². The molecule has 0 N–H and O–H groups in total. The summed E-state index contributed by atoms with van der Waals surface area (Å²) in [6, 6.07) is 0. The summed E-state index contributed by atoms with van der Waals surface area (Å²) in [5, 5.41) is 0. The molecule has 0 amide bonds. The third-order valence-electron chi connectivity index (χ3n) is 1.78. The predicted octanol–water partition coefficient (Wildman–Crippen LogP) is 2.98. The molecular weight excluding hydrogens is 148 g/mol. The molecule has 0 spiro atoms. The molecule has 1 nitrogen and oxygen atoms in total. The first-order valence-electron chi connectivity index (χ1n) is 4.13. The van der Waals surface area contributed by atoms with Gasteiger partial charge in [-0.15, -0.1) is 0 Å². The zero-order valence-corrected chi connectivity index (χ0v) is 7.42. The number of rotatable bonds is 0. The average Bonchev–Trinajstić information content (AvgIpc) is 2.17. The first-order valence-corrected chi connectivity index (χ1v) is 4.13. The molecule has 0 aromatic carbocycles. The molecule has 12 heavy (non-hydrogen) atoms. The van der Waals surface area contributed by atoms with Crippen molar-refractivity contribution in [3.05, 3.63) is 48.3 Å². The maximum Gasteiger partial charge on any atom is 0.115 e. The fourth-order valence-electron chi connectivity index (χ4n) is 1.04. The molecule has 0 unspecified atom stereocenters. The van der Waals surface area contributed by atoms with E-state index in [0.717, 1.165) is 17.8 Å². The standard InChI is InChI=1S/C11H14O/c1-3-11-8-6-4-5-7-9-12-10(11)2/h3-7H,2,8-9H2,1H3/b6-4-,7-5-,11-3-. The van der Waals surface area contributed by atoms with Gasteiger partial charge < -0.3 is 4.74 Å². The maximum absolute atomic E-state index is 5.38. The van der Waals surface area contributed by atoms with Crippen molar-refractivity contribution in [2.24, 2.45) is 0 Å². The molecule has 0 aromatic rings. The van der Waals surface area contributed by atoms with Crippen molar-refractivity contribution in [1.29, 1.82) is 0 Å². The smallest absolute Gasteiger partial charge is 0.115 e. The second-order valence-electron chi connectivity index (χ2n) is 2.61. The van der Waals surface area contributed by atoms with Gasteiger partial charge in [0.15, 0.2) is 0 Å². The monoisotopic (exact) mass is 162 g/mol. The van der Waals surface area contributed by atoms with Crippen LogP contribution in [0.2, 0.25) is 0 Å². The molecule has 0 fully saturated rings. The Balaban J connectivity index is 2.72. The van der Waals surface area contributed by atoms with E-state index in [0.29, 0.717) is 6.61 Å². The first-order chi connectivity index (χ1) is 5.84. The van der Waals surface area contributed by atoms with Gasteiger partial charge in [-0.25, -0.2) is 0 Å². The Kier molecular flexibility index (Phi) is 3.39. The highest BCUT2D eigenvalue weighted by atomic mass is 16.5. The zero-order chi connectivity index (χ0) is 8.81. The summed E-state index contributed by atoms with van der Waals surface area (Å²) in [4.78, 5) is 0. The van der Waals surface area contributed by atoms with Gasteiger partial charge in [-0.2, -0.15) is 0 Å². The lowest BCUT2D eigenvalue weighted by Crippen LogP contribution is -1.93. The molecule has 1 heterocycles. The molecule has 0 bridgehead atoms. The molecule has 0 saturated carbocycles. The average molecular weight is 162 g/mol. The highest BCUT2D eigenvalue weighted by Crippen LogP contribution is 2.15. The molecule has 64 valence electrons. The van der Waals surface area contributed by atoms with Gasteiger partial charge in [0.1, 0.15) is 12.4 Å². The molecule has 0 aromatic heterocycles. The van der Waals surface area contributed by atoms with Gasteiger partial charge >= 0.3 is 0 Å². The van der Waals surface area contributed by atoms with Crippen LogP contribution in [0.5, 0.6) is 0 Å². The first kappa shape index (κ1) is 8.85. The minimum atomic E-state index is 0.612. The highest BCUT2D eigenvalue weighted by molar-refractivity contribution is 5.26. The molecule has 0 saturated heterocycles. The minimum Gasteiger partial charge on any atom is -0.490 e. The Morgan fingerprint density at radius 2 is 2.17 bits per heavy atom. The Morgan fingerprint density at radius 3 is 2.92 bits per heavy atom. The fourth-order valence-corrected chi connectivity index (χ4v) is 1.04. The van der Waals surface area contributed by atoms with Gasteiger partial charge in [0.25, 0.3) is 0 Å². The van der Waals surface area contributed by atoms with Crippen LogP contribution in [0.25, 0.3) is 0 Å². The molecule has 1 aliphatic heterocycles. The summed E-state index contributed by atoms with van der Waals surface area (Å²) in [7, 11) is 0. The van der Waals surface area contributed by atoms with E-state index in [2.05, 4.69) is 12.7 Å². The van der Waals surface area contributed by atoms with E-state index < -0.39 is 0 Å². The van der Waals surface area contributed by atoms with Gasteiger partial charge in [-0.1, -0.05) is 30.9 Å². The van der Waals surface area contributed by atoms with Crippen molar-refractivity contribution in [3.8, 4) is 0 Å². The lowest BCUT2D eigenvalue weighted by Gasteiger charge is -2.08. The summed E-state index contributed by atoms with van der Waals surface area (Å²) >= 11 is 0. The molecule has 0 aliphatic carbocycles. The van der Waals surface area contributed by atoms with E-state index in [1.165, 1.54) is 0 Å². The van der Waals surface area contributed by atoms with Crippen LogP contribution in [0.3, 0.4) is 0 Å². The summed E-state index contributed by atoms with van der Waals surface area (Å²) in [5.74, 6) is 0.786. The lowest BCUT2D eigenvalue weighted by atomic mass is 10.1. The van der Waals surface area contributed by atoms with Crippen LogP contribution in [0.15, 0.2) is 48.3 Å². The number of allylic oxidation sites excluding steroid dienone is 5. The normalized spacial score (nSPS) is 26.8. The molecule has 0 atom stereocenters. The molecule has 1 aliphatic rings. The largest absolute Gasteiger partial charge is 0.490 e.